The second kappa shape index (κ2) is 6.97. The molecule has 0 aromatic carbocycles. The van der Waals surface area contributed by atoms with Crippen molar-refractivity contribution in [1.82, 2.24) is 19.9 Å². The third kappa shape index (κ3) is 3.12. The summed E-state index contributed by atoms with van der Waals surface area (Å²) in [5, 5.41) is 0.556. The molecule has 29 heavy (non-hydrogen) atoms. The normalized spacial score (nSPS) is 26.2. The van der Waals surface area contributed by atoms with Gasteiger partial charge in [-0.3, -0.25) is 4.79 Å². The highest BCUT2D eigenvalue weighted by atomic mass is 19.1. The molecule has 1 unspecified atom stereocenters. The molecule has 3 fully saturated rings. The summed E-state index contributed by atoms with van der Waals surface area (Å²) in [7, 11) is 0. The van der Waals surface area contributed by atoms with Crippen molar-refractivity contribution >= 4 is 16.8 Å². The minimum atomic E-state index is -0.457. The maximum Gasteiger partial charge on any atom is 0.163 e. The van der Waals surface area contributed by atoms with Crippen LogP contribution in [0.3, 0.4) is 0 Å². The van der Waals surface area contributed by atoms with Crippen LogP contribution in [0.5, 0.6) is 0 Å². The van der Waals surface area contributed by atoms with Gasteiger partial charge in [0.05, 0.1) is 18.1 Å². The number of aromatic amines is 1. The number of hydrogen-bond donors (Lipinski definition) is 1. The van der Waals surface area contributed by atoms with Crippen LogP contribution in [0.15, 0.2) is 24.7 Å². The Morgan fingerprint density at radius 1 is 1.14 bits per heavy atom. The fourth-order valence-corrected chi connectivity index (χ4v) is 5.56. The van der Waals surface area contributed by atoms with Gasteiger partial charge in [-0.2, -0.15) is 0 Å². The Kier molecular flexibility index (Phi) is 4.41. The summed E-state index contributed by atoms with van der Waals surface area (Å²) in [6.07, 6.45) is 8.80. The van der Waals surface area contributed by atoms with Crippen molar-refractivity contribution in [1.29, 1.82) is 0 Å². The molecule has 0 radical (unpaired) electrons. The van der Waals surface area contributed by atoms with Gasteiger partial charge in [0.2, 0.25) is 0 Å². The highest BCUT2D eigenvalue weighted by Gasteiger charge is 2.45. The number of nitrogens with zero attached hydrogens (tertiary/aromatic N) is 3. The van der Waals surface area contributed by atoms with E-state index in [0.717, 1.165) is 31.9 Å². The zero-order chi connectivity index (χ0) is 20.1. The van der Waals surface area contributed by atoms with Crippen molar-refractivity contribution in [2.24, 2.45) is 23.7 Å². The van der Waals surface area contributed by atoms with Crippen molar-refractivity contribution in [3.63, 3.8) is 0 Å². The average Bonchev–Trinajstić information content (AvgIpc) is 3.13. The van der Waals surface area contributed by atoms with Crippen LogP contribution < -0.4 is 0 Å². The van der Waals surface area contributed by atoms with E-state index in [-0.39, 0.29) is 17.6 Å². The zero-order valence-electron chi connectivity index (χ0n) is 16.2. The molecule has 150 valence electrons. The fraction of sp³-hybridized carbons (Fsp3) is 0.455. The van der Waals surface area contributed by atoms with Crippen LogP contribution in [0, 0.1) is 35.3 Å². The summed E-state index contributed by atoms with van der Waals surface area (Å²) in [6.45, 7) is 1.66. The standard InChI is InChI=1S/C22H22F2N4O/c1-11(29)20-13-4-2-12(3-5-13)15(20)7-19-18(24)10-27-22(28-19)17-9-26-21-16(17)6-14(23)8-25-21/h6,8-10,12-13,15,20H,2-5,7H2,1H3,(H,25,26)/t12?,13?,15?,20-/m0/s1. The highest BCUT2D eigenvalue weighted by molar-refractivity contribution is 5.91. The zero-order valence-corrected chi connectivity index (χ0v) is 16.2. The molecule has 3 aromatic rings. The van der Waals surface area contributed by atoms with Crippen molar-refractivity contribution in [2.75, 3.05) is 0 Å². The number of nitrogens with one attached hydrogen (secondary N) is 1. The Bertz CT molecular complexity index is 1090. The molecule has 5 nitrogen and oxygen atoms in total. The molecule has 1 N–H and O–H groups in total. The number of Topliss-reactive ketones (excluding diaryl/α,β-unsaturated/α-hetero) is 1. The van der Waals surface area contributed by atoms with E-state index in [0.29, 0.717) is 46.4 Å². The molecule has 3 aliphatic rings. The quantitative estimate of drug-likeness (QED) is 0.706. The van der Waals surface area contributed by atoms with Gasteiger partial charge < -0.3 is 4.98 Å². The Labute approximate surface area is 167 Å². The molecule has 0 saturated heterocycles. The Balaban J connectivity index is 1.51. The van der Waals surface area contributed by atoms with Gasteiger partial charge in [0, 0.05) is 23.1 Å². The number of aromatic nitrogens is 4. The molecule has 0 aliphatic heterocycles. The number of fused-ring (bicyclic) bond motifs is 4. The predicted molar refractivity (Wildman–Crippen MR) is 104 cm³/mol. The van der Waals surface area contributed by atoms with E-state index in [4.69, 9.17) is 0 Å². The summed E-state index contributed by atoms with van der Waals surface area (Å²) in [5.41, 5.74) is 1.44. The largest absolute Gasteiger partial charge is 0.345 e. The van der Waals surface area contributed by atoms with E-state index in [1.54, 1.807) is 13.1 Å². The van der Waals surface area contributed by atoms with Gasteiger partial charge in [0.15, 0.2) is 11.6 Å². The van der Waals surface area contributed by atoms with Crippen LogP contribution in [0.25, 0.3) is 22.4 Å². The molecule has 7 heteroatoms. The van der Waals surface area contributed by atoms with E-state index in [9.17, 15) is 13.6 Å². The summed E-state index contributed by atoms with van der Waals surface area (Å²) >= 11 is 0. The summed E-state index contributed by atoms with van der Waals surface area (Å²) in [5.74, 6) is 0.598. The van der Waals surface area contributed by atoms with E-state index in [1.165, 1.54) is 12.3 Å². The lowest BCUT2D eigenvalue weighted by molar-refractivity contribution is -0.130. The van der Waals surface area contributed by atoms with Gasteiger partial charge in [0.1, 0.15) is 17.2 Å². The number of rotatable bonds is 4. The van der Waals surface area contributed by atoms with Gasteiger partial charge in [-0.15, -0.1) is 0 Å². The topological polar surface area (TPSA) is 71.5 Å². The maximum absolute atomic E-state index is 14.6. The molecule has 2 atom stereocenters. The fourth-order valence-electron chi connectivity index (χ4n) is 5.56. The van der Waals surface area contributed by atoms with Crippen LogP contribution >= 0.6 is 0 Å². The number of H-pyrrole nitrogens is 1. The van der Waals surface area contributed by atoms with Gasteiger partial charge >= 0.3 is 0 Å². The third-order valence-electron chi connectivity index (χ3n) is 6.84. The van der Waals surface area contributed by atoms with Gasteiger partial charge in [-0.05, 0) is 62.8 Å². The molecule has 3 heterocycles. The van der Waals surface area contributed by atoms with Crippen LogP contribution in [0.2, 0.25) is 0 Å². The number of ketones is 1. The summed E-state index contributed by atoms with van der Waals surface area (Å²) < 4.78 is 28.3. The minimum Gasteiger partial charge on any atom is -0.345 e. The second-order valence-corrected chi connectivity index (χ2v) is 8.42. The lowest BCUT2D eigenvalue weighted by Gasteiger charge is -2.47. The Morgan fingerprint density at radius 2 is 1.90 bits per heavy atom. The Morgan fingerprint density at radius 3 is 2.66 bits per heavy atom. The van der Waals surface area contributed by atoms with Gasteiger partial charge in [0.25, 0.3) is 0 Å². The highest BCUT2D eigenvalue weighted by Crippen LogP contribution is 2.50. The van der Waals surface area contributed by atoms with Crippen LogP contribution in [-0.2, 0) is 11.2 Å². The minimum absolute atomic E-state index is 0.00769. The number of carbonyl (C=O) groups excluding carboxylic acids is 1. The lowest BCUT2D eigenvalue weighted by Crippen LogP contribution is -2.44. The first-order chi connectivity index (χ1) is 14.0. The molecule has 3 aliphatic carbocycles. The smallest absolute Gasteiger partial charge is 0.163 e. The van der Waals surface area contributed by atoms with E-state index >= 15 is 0 Å². The molecule has 3 aromatic heterocycles. The number of carbonyl (C=O) groups is 1. The Hall–Kier alpha value is -2.70. The first-order valence-corrected chi connectivity index (χ1v) is 10.2. The number of halogens is 2. The molecule has 2 bridgehead atoms. The first kappa shape index (κ1) is 18.3. The van der Waals surface area contributed by atoms with E-state index in [2.05, 4.69) is 19.9 Å². The van der Waals surface area contributed by atoms with Gasteiger partial charge in [-0.25, -0.2) is 23.7 Å². The lowest BCUT2D eigenvalue weighted by atomic mass is 9.56. The van der Waals surface area contributed by atoms with Gasteiger partial charge in [-0.1, -0.05) is 0 Å². The maximum atomic E-state index is 14.6. The van der Waals surface area contributed by atoms with Crippen LogP contribution in [0.1, 0.15) is 38.3 Å². The molecule has 0 spiro atoms. The van der Waals surface area contributed by atoms with Crippen LogP contribution in [-0.4, -0.2) is 25.7 Å². The molecule has 0 amide bonds. The third-order valence-corrected chi connectivity index (χ3v) is 6.84. The van der Waals surface area contributed by atoms with Crippen molar-refractivity contribution in [3.8, 4) is 11.4 Å². The van der Waals surface area contributed by atoms with Crippen LogP contribution in [0.4, 0.5) is 8.78 Å². The molecule has 3 saturated carbocycles. The first-order valence-electron chi connectivity index (χ1n) is 10.2. The number of hydrogen-bond acceptors (Lipinski definition) is 4. The number of pyridine rings is 1. The predicted octanol–water partition coefficient (Wildman–Crippen LogP) is 4.48. The summed E-state index contributed by atoms with van der Waals surface area (Å²) in [6, 6.07) is 1.37. The summed E-state index contributed by atoms with van der Waals surface area (Å²) in [4.78, 5) is 28.0. The van der Waals surface area contributed by atoms with Crippen molar-refractivity contribution in [2.45, 2.75) is 39.0 Å². The average molecular weight is 396 g/mol. The SMILES string of the molecule is CC(=O)[C@H]1C2CCC(CC2)C1Cc1nc(-c2c[nH]c3ncc(F)cc23)ncc1F. The molecule has 6 rings (SSSR count). The monoisotopic (exact) mass is 396 g/mol. The van der Waals surface area contributed by atoms with Crippen molar-refractivity contribution < 1.29 is 13.6 Å². The van der Waals surface area contributed by atoms with E-state index in [1.807, 2.05) is 0 Å². The molecular weight excluding hydrogens is 374 g/mol. The second-order valence-electron chi connectivity index (χ2n) is 8.42. The van der Waals surface area contributed by atoms with E-state index < -0.39 is 11.6 Å². The van der Waals surface area contributed by atoms with Crippen molar-refractivity contribution in [3.05, 3.63) is 42.0 Å². The molecular formula is C22H22F2N4O.